The van der Waals surface area contributed by atoms with Gasteiger partial charge in [-0.05, 0) is 25.0 Å². The Labute approximate surface area is 107 Å². The number of anilines is 1. The molecule has 0 unspecified atom stereocenters. The van der Waals surface area contributed by atoms with E-state index in [0.717, 1.165) is 31.6 Å². The zero-order valence-electron chi connectivity index (χ0n) is 10.2. The normalized spacial score (nSPS) is 16.6. The molecule has 1 aliphatic rings. The SMILES string of the molecule is N#Cc1ncccc1N1CCC(OCCO)CC1. The van der Waals surface area contributed by atoms with Crippen molar-refractivity contribution >= 4 is 5.69 Å². The Balaban J connectivity index is 1.95. The van der Waals surface area contributed by atoms with Crippen LogP contribution in [0.15, 0.2) is 18.3 Å². The molecular weight excluding hydrogens is 230 g/mol. The van der Waals surface area contributed by atoms with Gasteiger partial charge in [0.1, 0.15) is 6.07 Å². The van der Waals surface area contributed by atoms with E-state index in [2.05, 4.69) is 16.0 Å². The number of aliphatic hydroxyl groups is 1. The fraction of sp³-hybridized carbons (Fsp3) is 0.538. The van der Waals surface area contributed by atoms with Crippen molar-refractivity contribution in [1.82, 2.24) is 4.98 Å². The molecule has 1 N–H and O–H groups in total. The molecule has 5 nitrogen and oxygen atoms in total. The number of rotatable bonds is 4. The maximum absolute atomic E-state index is 9.03. The number of nitrogens with zero attached hydrogens (tertiary/aromatic N) is 3. The molecule has 0 saturated carbocycles. The molecule has 0 spiro atoms. The fourth-order valence-corrected chi connectivity index (χ4v) is 2.22. The van der Waals surface area contributed by atoms with Crippen LogP contribution in [0.3, 0.4) is 0 Å². The van der Waals surface area contributed by atoms with Gasteiger partial charge in [-0.25, -0.2) is 4.98 Å². The van der Waals surface area contributed by atoms with E-state index < -0.39 is 0 Å². The summed E-state index contributed by atoms with van der Waals surface area (Å²) in [7, 11) is 0. The van der Waals surface area contributed by atoms with Crippen molar-refractivity contribution in [2.24, 2.45) is 0 Å². The quantitative estimate of drug-likeness (QED) is 0.857. The molecule has 2 heterocycles. The molecule has 5 heteroatoms. The minimum absolute atomic E-state index is 0.0708. The second-order valence-corrected chi connectivity index (χ2v) is 4.26. The number of piperidine rings is 1. The number of aromatic nitrogens is 1. The van der Waals surface area contributed by atoms with Gasteiger partial charge < -0.3 is 14.7 Å². The van der Waals surface area contributed by atoms with Crippen molar-refractivity contribution in [2.45, 2.75) is 18.9 Å². The Bertz CT molecular complexity index is 422. The highest BCUT2D eigenvalue weighted by Crippen LogP contribution is 2.23. The molecule has 1 aliphatic heterocycles. The molecule has 0 amide bonds. The number of hydrogen-bond donors (Lipinski definition) is 1. The van der Waals surface area contributed by atoms with Gasteiger partial charge in [-0.2, -0.15) is 5.26 Å². The van der Waals surface area contributed by atoms with E-state index in [-0.39, 0.29) is 12.7 Å². The molecule has 1 aromatic heterocycles. The smallest absolute Gasteiger partial charge is 0.163 e. The van der Waals surface area contributed by atoms with Crippen LogP contribution in [0.25, 0.3) is 0 Å². The molecule has 1 fully saturated rings. The van der Waals surface area contributed by atoms with Crippen molar-refractivity contribution in [3.05, 3.63) is 24.0 Å². The highest BCUT2D eigenvalue weighted by atomic mass is 16.5. The molecule has 0 bridgehead atoms. The summed E-state index contributed by atoms with van der Waals surface area (Å²) in [6.07, 6.45) is 3.69. The van der Waals surface area contributed by atoms with Crippen LogP contribution in [-0.2, 0) is 4.74 Å². The Morgan fingerprint density at radius 3 is 2.94 bits per heavy atom. The first kappa shape index (κ1) is 12.8. The first-order valence-electron chi connectivity index (χ1n) is 6.17. The summed E-state index contributed by atoms with van der Waals surface area (Å²) in [6, 6.07) is 5.90. The third-order valence-electron chi connectivity index (χ3n) is 3.12. The Morgan fingerprint density at radius 2 is 2.28 bits per heavy atom. The molecule has 0 radical (unpaired) electrons. The van der Waals surface area contributed by atoms with E-state index in [1.807, 2.05) is 12.1 Å². The van der Waals surface area contributed by atoms with E-state index in [4.69, 9.17) is 15.1 Å². The van der Waals surface area contributed by atoms with Crippen LogP contribution in [-0.4, -0.2) is 42.5 Å². The van der Waals surface area contributed by atoms with Crippen LogP contribution in [0.1, 0.15) is 18.5 Å². The van der Waals surface area contributed by atoms with Crippen LogP contribution in [0, 0.1) is 11.3 Å². The average Bonchev–Trinajstić information content (AvgIpc) is 2.45. The summed E-state index contributed by atoms with van der Waals surface area (Å²) < 4.78 is 5.52. The van der Waals surface area contributed by atoms with E-state index in [1.165, 1.54) is 0 Å². The lowest BCUT2D eigenvalue weighted by molar-refractivity contribution is 0.0159. The predicted octanol–water partition coefficient (Wildman–Crippen LogP) is 0.931. The van der Waals surface area contributed by atoms with Crippen molar-refractivity contribution in [3.8, 4) is 6.07 Å². The van der Waals surface area contributed by atoms with Crippen molar-refractivity contribution in [2.75, 3.05) is 31.2 Å². The standard InChI is InChI=1S/C13H17N3O2/c14-10-12-13(2-1-5-15-12)16-6-3-11(4-7-16)18-9-8-17/h1-2,5,11,17H,3-4,6-9H2. The van der Waals surface area contributed by atoms with Crippen molar-refractivity contribution in [1.29, 1.82) is 5.26 Å². The number of hydrogen-bond acceptors (Lipinski definition) is 5. The fourth-order valence-electron chi connectivity index (χ4n) is 2.22. The topological polar surface area (TPSA) is 69.4 Å². The molecule has 18 heavy (non-hydrogen) atoms. The molecule has 0 atom stereocenters. The lowest BCUT2D eigenvalue weighted by Crippen LogP contribution is -2.37. The molecule has 1 aromatic rings. The van der Waals surface area contributed by atoms with Gasteiger partial charge in [0, 0.05) is 19.3 Å². The summed E-state index contributed by atoms with van der Waals surface area (Å²) in [5.41, 5.74) is 1.38. The van der Waals surface area contributed by atoms with Crippen molar-refractivity contribution < 1.29 is 9.84 Å². The van der Waals surface area contributed by atoms with Crippen LogP contribution in [0.5, 0.6) is 0 Å². The summed E-state index contributed by atoms with van der Waals surface area (Å²) in [6.45, 7) is 2.19. The molecule has 96 valence electrons. The molecule has 1 saturated heterocycles. The van der Waals surface area contributed by atoms with E-state index in [0.29, 0.717) is 12.3 Å². The summed E-state index contributed by atoms with van der Waals surface area (Å²) >= 11 is 0. The molecular formula is C13H17N3O2. The van der Waals surface area contributed by atoms with Gasteiger partial charge in [-0.15, -0.1) is 0 Å². The minimum atomic E-state index is 0.0708. The van der Waals surface area contributed by atoms with Gasteiger partial charge in [0.05, 0.1) is 25.0 Å². The summed E-state index contributed by atoms with van der Waals surface area (Å²) in [5, 5.41) is 17.7. The molecule has 2 rings (SSSR count). The zero-order chi connectivity index (χ0) is 12.8. The summed E-state index contributed by atoms with van der Waals surface area (Å²) in [4.78, 5) is 6.24. The number of aliphatic hydroxyl groups excluding tert-OH is 1. The lowest BCUT2D eigenvalue weighted by Gasteiger charge is -2.33. The molecule has 0 aromatic carbocycles. The largest absolute Gasteiger partial charge is 0.394 e. The van der Waals surface area contributed by atoms with Crippen LogP contribution in [0.4, 0.5) is 5.69 Å². The van der Waals surface area contributed by atoms with Gasteiger partial charge in [0.25, 0.3) is 0 Å². The Morgan fingerprint density at radius 1 is 1.50 bits per heavy atom. The van der Waals surface area contributed by atoms with Gasteiger partial charge >= 0.3 is 0 Å². The highest BCUT2D eigenvalue weighted by Gasteiger charge is 2.21. The van der Waals surface area contributed by atoms with E-state index in [9.17, 15) is 0 Å². The van der Waals surface area contributed by atoms with E-state index in [1.54, 1.807) is 6.20 Å². The van der Waals surface area contributed by atoms with E-state index >= 15 is 0 Å². The Kier molecular flexibility index (Phi) is 4.51. The average molecular weight is 247 g/mol. The van der Waals surface area contributed by atoms with Gasteiger partial charge in [-0.1, -0.05) is 0 Å². The monoisotopic (exact) mass is 247 g/mol. The minimum Gasteiger partial charge on any atom is -0.394 e. The van der Waals surface area contributed by atoms with Crippen molar-refractivity contribution in [3.63, 3.8) is 0 Å². The maximum atomic E-state index is 9.03. The lowest BCUT2D eigenvalue weighted by atomic mass is 10.1. The Hall–Kier alpha value is -1.64. The number of ether oxygens (including phenoxy) is 1. The van der Waals surface area contributed by atoms with Crippen LogP contribution < -0.4 is 4.90 Å². The van der Waals surface area contributed by atoms with Gasteiger partial charge in [-0.3, -0.25) is 0 Å². The van der Waals surface area contributed by atoms with Gasteiger partial charge in [0.15, 0.2) is 5.69 Å². The maximum Gasteiger partial charge on any atom is 0.163 e. The number of nitriles is 1. The zero-order valence-corrected chi connectivity index (χ0v) is 10.2. The highest BCUT2D eigenvalue weighted by molar-refractivity contribution is 5.55. The van der Waals surface area contributed by atoms with Crippen LogP contribution in [0.2, 0.25) is 0 Å². The second kappa shape index (κ2) is 6.34. The summed E-state index contributed by atoms with van der Waals surface area (Å²) in [5.74, 6) is 0. The second-order valence-electron chi connectivity index (χ2n) is 4.26. The first-order chi connectivity index (χ1) is 8.85. The first-order valence-corrected chi connectivity index (χ1v) is 6.17. The van der Waals surface area contributed by atoms with Gasteiger partial charge in [0.2, 0.25) is 0 Å². The third-order valence-corrected chi connectivity index (χ3v) is 3.12. The number of pyridine rings is 1. The predicted molar refractivity (Wildman–Crippen MR) is 67.2 cm³/mol. The molecule has 0 aliphatic carbocycles. The third kappa shape index (κ3) is 2.97. The van der Waals surface area contributed by atoms with Crippen LogP contribution >= 0.6 is 0 Å².